The third kappa shape index (κ3) is 2.65. The molecule has 1 aliphatic heterocycles. The first-order valence-electron chi connectivity index (χ1n) is 4.79. The molecule has 0 spiro atoms. The van der Waals surface area contributed by atoms with Gasteiger partial charge in [0.05, 0.1) is 12.5 Å². The number of carbonyl (C=O) groups excluding carboxylic acids is 3. The second-order valence-corrected chi connectivity index (χ2v) is 3.31. The number of imide groups is 1. The summed E-state index contributed by atoms with van der Waals surface area (Å²) in [5.74, 6) is -2.16. The zero-order valence-corrected chi connectivity index (χ0v) is 8.70. The lowest BCUT2D eigenvalue weighted by Crippen LogP contribution is -2.26. The summed E-state index contributed by atoms with van der Waals surface area (Å²) in [6.45, 7) is 3.75. The van der Waals surface area contributed by atoms with Crippen LogP contribution in [0.15, 0.2) is 11.6 Å². The number of esters is 1. The number of hydrogen-bond donors (Lipinski definition) is 1. The monoisotopic (exact) mass is 211 g/mol. The van der Waals surface area contributed by atoms with Crippen LogP contribution >= 0.6 is 0 Å². The minimum absolute atomic E-state index is 0.168. The molecule has 5 heteroatoms. The van der Waals surface area contributed by atoms with Crippen molar-refractivity contribution in [1.29, 1.82) is 0 Å². The minimum atomic E-state index is -0.692. The van der Waals surface area contributed by atoms with Gasteiger partial charge in [-0.3, -0.25) is 19.7 Å². The molecule has 0 aromatic heterocycles. The Balaban J connectivity index is 2.64. The summed E-state index contributed by atoms with van der Waals surface area (Å²) in [4.78, 5) is 33.4. The second kappa shape index (κ2) is 4.72. The van der Waals surface area contributed by atoms with Gasteiger partial charge in [-0.2, -0.15) is 0 Å². The topological polar surface area (TPSA) is 72.5 Å². The summed E-state index contributed by atoms with van der Waals surface area (Å²) in [7, 11) is 0. The van der Waals surface area contributed by atoms with Gasteiger partial charge in [0.25, 0.3) is 11.8 Å². The van der Waals surface area contributed by atoms with Crippen LogP contribution in [0, 0.1) is 5.92 Å². The van der Waals surface area contributed by atoms with Gasteiger partial charge in [0, 0.05) is 11.6 Å². The van der Waals surface area contributed by atoms with Crippen LogP contribution in [0.2, 0.25) is 0 Å². The van der Waals surface area contributed by atoms with Crippen LogP contribution in [0.3, 0.4) is 0 Å². The second-order valence-electron chi connectivity index (χ2n) is 3.31. The van der Waals surface area contributed by atoms with Crippen molar-refractivity contribution in [2.45, 2.75) is 20.3 Å². The van der Waals surface area contributed by atoms with Crippen molar-refractivity contribution in [2.24, 2.45) is 5.92 Å². The van der Waals surface area contributed by atoms with Crippen molar-refractivity contribution in [1.82, 2.24) is 5.32 Å². The van der Waals surface area contributed by atoms with Crippen LogP contribution < -0.4 is 5.32 Å². The molecule has 0 saturated carbocycles. The Hall–Kier alpha value is -1.65. The molecule has 82 valence electrons. The molecule has 1 heterocycles. The van der Waals surface area contributed by atoms with Crippen LogP contribution in [0.4, 0.5) is 0 Å². The molecular formula is C10H13NO4. The minimum Gasteiger partial charge on any atom is -0.465 e. The fourth-order valence-corrected chi connectivity index (χ4v) is 1.20. The summed E-state index contributed by atoms with van der Waals surface area (Å²) >= 11 is 0. The van der Waals surface area contributed by atoms with Gasteiger partial charge in [0.2, 0.25) is 0 Å². The highest BCUT2D eigenvalue weighted by Crippen LogP contribution is 2.16. The first kappa shape index (κ1) is 11.4. The molecule has 1 N–H and O–H groups in total. The summed E-state index contributed by atoms with van der Waals surface area (Å²) in [5.41, 5.74) is 0.168. The number of carbonyl (C=O) groups is 3. The number of rotatable bonds is 4. The van der Waals surface area contributed by atoms with E-state index in [1.807, 2.05) is 6.92 Å². The maximum absolute atomic E-state index is 11.4. The molecule has 1 rings (SSSR count). The number of ether oxygens (including phenoxy) is 1. The van der Waals surface area contributed by atoms with Gasteiger partial charge in [0.15, 0.2) is 0 Å². The van der Waals surface area contributed by atoms with E-state index in [2.05, 4.69) is 5.32 Å². The van der Waals surface area contributed by atoms with Crippen LogP contribution in [0.5, 0.6) is 0 Å². The van der Waals surface area contributed by atoms with Gasteiger partial charge in [-0.05, 0) is 13.3 Å². The average molecular weight is 211 g/mol. The van der Waals surface area contributed by atoms with Crippen molar-refractivity contribution in [3.63, 3.8) is 0 Å². The van der Waals surface area contributed by atoms with Gasteiger partial charge in [-0.1, -0.05) is 6.92 Å². The maximum atomic E-state index is 11.4. The highest BCUT2D eigenvalue weighted by atomic mass is 16.5. The smallest absolute Gasteiger partial charge is 0.313 e. The van der Waals surface area contributed by atoms with Crippen LogP contribution in [-0.2, 0) is 19.1 Å². The van der Waals surface area contributed by atoms with E-state index in [0.717, 1.165) is 12.5 Å². The zero-order chi connectivity index (χ0) is 11.4. The van der Waals surface area contributed by atoms with E-state index in [4.69, 9.17) is 4.74 Å². The SMILES string of the molecule is CCCOC(=O)C(C)C1=CC(=O)NC1=O. The van der Waals surface area contributed by atoms with E-state index < -0.39 is 23.7 Å². The quantitative estimate of drug-likeness (QED) is 0.531. The molecule has 0 aromatic rings. The van der Waals surface area contributed by atoms with E-state index in [0.29, 0.717) is 6.61 Å². The first-order valence-corrected chi connectivity index (χ1v) is 4.79. The lowest BCUT2D eigenvalue weighted by molar-refractivity contribution is -0.147. The number of hydrogen-bond acceptors (Lipinski definition) is 4. The fraction of sp³-hybridized carbons (Fsp3) is 0.500. The normalized spacial score (nSPS) is 17.1. The molecule has 1 unspecified atom stereocenters. The summed E-state index contributed by atoms with van der Waals surface area (Å²) in [5, 5.41) is 2.08. The zero-order valence-electron chi connectivity index (χ0n) is 8.70. The van der Waals surface area contributed by atoms with Crippen LogP contribution in [0.25, 0.3) is 0 Å². The highest BCUT2D eigenvalue weighted by Gasteiger charge is 2.30. The maximum Gasteiger partial charge on any atom is 0.313 e. The van der Waals surface area contributed by atoms with Crippen molar-refractivity contribution >= 4 is 17.8 Å². The van der Waals surface area contributed by atoms with Gasteiger partial charge in [0.1, 0.15) is 0 Å². The summed E-state index contributed by atoms with van der Waals surface area (Å²) < 4.78 is 4.88. The van der Waals surface area contributed by atoms with E-state index in [9.17, 15) is 14.4 Å². The summed E-state index contributed by atoms with van der Waals surface area (Å²) in [6.07, 6.45) is 1.86. The first-order chi connectivity index (χ1) is 7.06. The van der Waals surface area contributed by atoms with Crippen molar-refractivity contribution < 1.29 is 19.1 Å². The molecular weight excluding hydrogens is 198 g/mol. The van der Waals surface area contributed by atoms with E-state index >= 15 is 0 Å². The van der Waals surface area contributed by atoms with Crippen LogP contribution in [0.1, 0.15) is 20.3 Å². The molecule has 2 amide bonds. The summed E-state index contributed by atoms with van der Waals surface area (Å²) in [6, 6.07) is 0. The predicted octanol–water partition coefficient (Wildman–Crippen LogP) is 0.158. The lowest BCUT2D eigenvalue weighted by Gasteiger charge is -2.10. The largest absolute Gasteiger partial charge is 0.465 e. The molecule has 5 nitrogen and oxygen atoms in total. The Morgan fingerprint density at radius 1 is 1.53 bits per heavy atom. The van der Waals surface area contributed by atoms with Gasteiger partial charge in [-0.15, -0.1) is 0 Å². The van der Waals surface area contributed by atoms with Gasteiger partial charge in [-0.25, -0.2) is 0 Å². The van der Waals surface area contributed by atoms with E-state index in [1.54, 1.807) is 6.92 Å². The lowest BCUT2D eigenvalue weighted by atomic mass is 10.0. The Bertz CT molecular complexity index is 332. The van der Waals surface area contributed by atoms with E-state index in [1.165, 1.54) is 0 Å². The third-order valence-corrected chi connectivity index (χ3v) is 2.05. The number of amides is 2. The molecule has 1 atom stereocenters. The molecule has 0 fully saturated rings. The Morgan fingerprint density at radius 3 is 2.67 bits per heavy atom. The molecule has 15 heavy (non-hydrogen) atoms. The Morgan fingerprint density at radius 2 is 2.20 bits per heavy atom. The Labute approximate surface area is 87.5 Å². The van der Waals surface area contributed by atoms with Gasteiger partial charge >= 0.3 is 5.97 Å². The van der Waals surface area contributed by atoms with Crippen molar-refractivity contribution in [3.05, 3.63) is 11.6 Å². The highest BCUT2D eigenvalue weighted by molar-refractivity contribution is 6.18. The third-order valence-electron chi connectivity index (χ3n) is 2.05. The molecule has 0 saturated heterocycles. The fourth-order valence-electron chi connectivity index (χ4n) is 1.20. The molecule has 0 aromatic carbocycles. The van der Waals surface area contributed by atoms with Crippen molar-refractivity contribution in [2.75, 3.05) is 6.61 Å². The Kier molecular flexibility index (Phi) is 3.60. The predicted molar refractivity (Wildman–Crippen MR) is 51.6 cm³/mol. The van der Waals surface area contributed by atoms with E-state index in [-0.39, 0.29) is 5.57 Å². The average Bonchev–Trinajstić information content (AvgIpc) is 2.53. The molecule has 0 aliphatic carbocycles. The molecule has 0 radical (unpaired) electrons. The molecule has 1 aliphatic rings. The van der Waals surface area contributed by atoms with Gasteiger partial charge < -0.3 is 4.74 Å². The van der Waals surface area contributed by atoms with Crippen molar-refractivity contribution in [3.8, 4) is 0 Å². The van der Waals surface area contributed by atoms with Crippen LogP contribution in [-0.4, -0.2) is 24.4 Å². The molecule has 0 bridgehead atoms. The standard InChI is InChI=1S/C10H13NO4/c1-3-4-15-10(14)6(2)7-5-8(12)11-9(7)13/h5-6H,3-4H2,1-2H3,(H,11,12,13). The number of nitrogens with one attached hydrogen (secondary N) is 1.